The molecular weight excluding hydrogens is 240 g/mol. The van der Waals surface area contributed by atoms with Gasteiger partial charge in [-0.25, -0.2) is 13.8 Å². The Labute approximate surface area is 103 Å². The Morgan fingerprint density at radius 3 is 2.67 bits per heavy atom. The van der Waals surface area contributed by atoms with Crippen LogP contribution in [0.25, 0.3) is 0 Å². The minimum absolute atomic E-state index is 0.103. The van der Waals surface area contributed by atoms with E-state index in [2.05, 4.69) is 4.99 Å². The van der Waals surface area contributed by atoms with Crippen molar-refractivity contribution in [2.75, 3.05) is 7.05 Å². The summed E-state index contributed by atoms with van der Waals surface area (Å²) in [5.41, 5.74) is 5.70. The Morgan fingerprint density at radius 1 is 1.39 bits per heavy atom. The molecule has 1 aromatic carbocycles. The lowest BCUT2D eigenvalue weighted by atomic mass is 9.90. The molecule has 96 valence electrons. The Balaban J connectivity index is 2.47. The lowest BCUT2D eigenvalue weighted by Crippen LogP contribution is -2.48. The number of aliphatic imine (C=N–C) groups is 1. The summed E-state index contributed by atoms with van der Waals surface area (Å²) in [6, 6.07) is 2.68. The predicted octanol–water partition coefficient (Wildman–Crippen LogP) is 1.22. The van der Waals surface area contributed by atoms with Crippen LogP contribution >= 0.6 is 0 Å². The molecule has 1 unspecified atom stereocenters. The van der Waals surface area contributed by atoms with Crippen LogP contribution in [0.5, 0.6) is 0 Å². The standard InChI is InChI=1S/C12H13F2N3O/c1-6-10(11(18)17(2)12(15)16-6)8-4-3-7(13)5-9(8)14/h3-6,10H,1-2H3,(H2,15,16)/t6-,10?/m0/s1. The second kappa shape index (κ2) is 4.36. The van der Waals surface area contributed by atoms with Gasteiger partial charge in [0.05, 0.1) is 12.0 Å². The highest BCUT2D eigenvalue weighted by Gasteiger charge is 2.36. The normalized spacial score (nSPS) is 24.1. The highest BCUT2D eigenvalue weighted by atomic mass is 19.1. The number of hydrogen-bond acceptors (Lipinski definition) is 3. The molecule has 0 saturated heterocycles. The van der Waals surface area contributed by atoms with Gasteiger partial charge >= 0.3 is 0 Å². The summed E-state index contributed by atoms with van der Waals surface area (Å²) >= 11 is 0. The summed E-state index contributed by atoms with van der Waals surface area (Å²) in [6.45, 7) is 1.67. The average Bonchev–Trinajstić information content (AvgIpc) is 2.29. The van der Waals surface area contributed by atoms with Crippen LogP contribution in [-0.2, 0) is 4.79 Å². The number of nitrogens with zero attached hydrogens (tertiary/aromatic N) is 2. The maximum absolute atomic E-state index is 13.7. The van der Waals surface area contributed by atoms with E-state index in [-0.39, 0.29) is 17.4 Å². The highest BCUT2D eigenvalue weighted by molar-refractivity contribution is 6.01. The molecule has 18 heavy (non-hydrogen) atoms. The maximum Gasteiger partial charge on any atom is 0.238 e. The molecule has 0 radical (unpaired) electrons. The van der Waals surface area contributed by atoms with E-state index < -0.39 is 23.6 Å². The van der Waals surface area contributed by atoms with Crippen molar-refractivity contribution >= 4 is 11.9 Å². The van der Waals surface area contributed by atoms with Crippen molar-refractivity contribution in [1.82, 2.24) is 4.90 Å². The lowest BCUT2D eigenvalue weighted by molar-refractivity contribution is -0.129. The molecule has 4 nitrogen and oxygen atoms in total. The number of hydrogen-bond donors (Lipinski definition) is 1. The molecule has 0 saturated carbocycles. The van der Waals surface area contributed by atoms with E-state index >= 15 is 0 Å². The van der Waals surface area contributed by atoms with Crippen molar-refractivity contribution in [3.8, 4) is 0 Å². The molecule has 1 amide bonds. The van der Waals surface area contributed by atoms with Gasteiger partial charge < -0.3 is 5.73 Å². The molecule has 0 spiro atoms. The molecule has 0 fully saturated rings. The van der Waals surface area contributed by atoms with Crippen molar-refractivity contribution in [2.45, 2.75) is 18.9 Å². The Hall–Kier alpha value is -1.98. The number of carbonyl (C=O) groups excluding carboxylic acids is 1. The first-order chi connectivity index (χ1) is 8.41. The SMILES string of the molecule is C[C@@H]1N=C(N)N(C)C(=O)C1c1ccc(F)cc1F. The zero-order chi connectivity index (χ0) is 13.4. The molecule has 1 aromatic rings. The summed E-state index contributed by atoms with van der Waals surface area (Å²) < 4.78 is 26.6. The number of halogens is 2. The van der Waals surface area contributed by atoms with Gasteiger partial charge in [-0.3, -0.25) is 9.69 Å². The molecule has 0 bridgehead atoms. The molecule has 2 rings (SSSR count). The first-order valence-corrected chi connectivity index (χ1v) is 5.47. The van der Waals surface area contributed by atoms with Gasteiger partial charge in [0.1, 0.15) is 11.6 Å². The molecular formula is C12H13F2N3O. The van der Waals surface area contributed by atoms with E-state index in [1.165, 1.54) is 18.0 Å². The van der Waals surface area contributed by atoms with E-state index in [4.69, 9.17) is 5.73 Å². The first kappa shape index (κ1) is 12.5. The zero-order valence-corrected chi connectivity index (χ0v) is 10.0. The second-order valence-corrected chi connectivity index (χ2v) is 4.27. The largest absolute Gasteiger partial charge is 0.369 e. The minimum atomic E-state index is -0.775. The van der Waals surface area contributed by atoms with Crippen LogP contribution in [0, 0.1) is 11.6 Å². The van der Waals surface area contributed by atoms with Gasteiger partial charge in [-0.2, -0.15) is 0 Å². The molecule has 2 N–H and O–H groups in total. The van der Waals surface area contributed by atoms with Gasteiger partial charge in [-0.15, -0.1) is 0 Å². The Morgan fingerprint density at radius 2 is 2.06 bits per heavy atom. The van der Waals surface area contributed by atoms with Crippen molar-refractivity contribution in [3.05, 3.63) is 35.4 Å². The third kappa shape index (κ3) is 1.94. The predicted molar refractivity (Wildman–Crippen MR) is 63.0 cm³/mol. The summed E-state index contributed by atoms with van der Waals surface area (Å²) in [6.07, 6.45) is 0. The molecule has 0 aromatic heterocycles. The van der Waals surface area contributed by atoms with E-state index in [0.29, 0.717) is 0 Å². The number of guanidine groups is 1. The van der Waals surface area contributed by atoms with Crippen molar-refractivity contribution in [3.63, 3.8) is 0 Å². The monoisotopic (exact) mass is 253 g/mol. The van der Waals surface area contributed by atoms with Crippen molar-refractivity contribution < 1.29 is 13.6 Å². The van der Waals surface area contributed by atoms with Crippen LogP contribution in [0.2, 0.25) is 0 Å². The van der Waals surface area contributed by atoms with E-state index in [1.54, 1.807) is 6.92 Å². The quantitative estimate of drug-likeness (QED) is 0.818. The number of carbonyl (C=O) groups is 1. The molecule has 1 aliphatic rings. The molecule has 1 aliphatic heterocycles. The van der Waals surface area contributed by atoms with Crippen LogP contribution in [0.1, 0.15) is 18.4 Å². The van der Waals surface area contributed by atoms with Gasteiger partial charge in [-0.05, 0) is 13.0 Å². The van der Waals surface area contributed by atoms with Crippen LogP contribution in [-0.4, -0.2) is 29.9 Å². The van der Waals surface area contributed by atoms with Crippen LogP contribution in [0.4, 0.5) is 8.78 Å². The number of rotatable bonds is 1. The number of amides is 1. The van der Waals surface area contributed by atoms with Gasteiger partial charge in [0.15, 0.2) is 5.96 Å². The minimum Gasteiger partial charge on any atom is -0.369 e. The third-order valence-corrected chi connectivity index (χ3v) is 3.06. The Bertz CT molecular complexity index is 530. The van der Waals surface area contributed by atoms with E-state index in [1.807, 2.05) is 0 Å². The van der Waals surface area contributed by atoms with Gasteiger partial charge in [0, 0.05) is 18.7 Å². The smallest absolute Gasteiger partial charge is 0.238 e. The molecule has 1 heterocycles. The molecule has 6 heteroatoms. The summed E-state index contributed by atoms with van der Waals surface area (Å²) in [7, 11) is 1.47. The average molecular weight is 253 g/mol. The van der Waals surface area contributed by atoms with Crippen LogP contribution in [0.15, 0.2) is 23.2 Å². The summed E-state index contributed by atoms with van der Waals surface area (Å²) in [5.74, 6) is -2.44. The maximum atomic E-state index is 13.7. The van der Waals surface area contributed by atoms with Gasteiger partial charge in [0.25, 0.3) is 0 Å². The van der Waals surface area contributed by atoms with Crippen LogP contribution in [0.3, 0.4) is 0 Å². The highest BCUT2D eigenvalue weighted by Crippen LogP contribution is 2.29. The second-order valence-electron chi connectivity index (χ2n) is 4.27. The van der Waals surface area contributed by atoms with Crippen molar-refractivity contribution in [1.29, 1.82) is 0 Å². The topological polar surface area (TPSA) is 58.7 Å². The van der Waals surface area contributed by atoms with E-state index in [0.717, 1.165) is 12.1 Å². The zero-order valence-electron chi connectivity index (χ0n) is 10.0. The summed E-state index contributed by atoms with van der Waals surface area (Å²) in [5, 5.41) is 0. The fourth-order valence-electron chi connectivity index (χ4n) is 2.04. The van der Waals surface area contributed by atoms with Gasteiger partial charge in [0.2, 0.25) is 5.91 Å². The summed E-state index contributed by atoms with van der Waals surface area (Å²) in [4.78, 5) is 17.3. The van der Waals surface area contributed by atoms with Crippen molar-refractivity contribution in [2.24, 2.45) is 10.7 Å². The first-order valence-electron chi connectivity index (χ1n) is 5.47. The molecule has 2 atom stereocenters. The van der Waals surface area contributed by atoms with Gasteiger partial charge in [-0.1, -0.05) is 6.07 Å². The third-order valence-electron chi connectivity index (χ3n) is 3.06. The number of nitrogens with two attached hydrogens (primary N) is 1. The fourth-order valence-corrected chi connectivity index (χ4v) is 2.04. The van der Waals surface area contributed by atoms with Crippen LogP contribution < -0.4 is 5.73 Å². The van der Waals surface area contributed by atoms with E-state index in [9.17, 15) is 13.6 Å². The Kier molecular flexibility index (Phi) is 3.02. The fraction of sp³-hybridized carbons (Fsp3) is 0.333. The molecule has 0 aliphatic carbocycles. The lowest BCUT2D eigenvalue weighted by Gasteiger charge is -2.31. The number of likely N-dealkylation sites (N-methyl/N-ethyl adjacent to an activating group) is 1. The number of benzene rings is 1.